The number of hydrogen-bond acceptors (Lipinski definition) is 2. The maximum atomic E-state index is 10.6. The standard InChI is InChI=1S/C18H23NO/c1-13-8-7-11-19-16(13)12-17(20)14-9-5-6-10-15(14)18(2,3)4/h5-11,17,20H,12H2,1-4H3. The first-order valence-corrected chi connectivity index (χ1v) is 7.07. The summed E-state index contributed by atoms with van der Waals surface area (Å²) in [7, 11) is 0. The van der Waals surface area contributed by atoms with E-state index in [0.717, 1.165) is 16.8 Å². The lowest BCUT2D eigenvalue weighted by molar-refractivity contribution is 0.174. The van der Waals surface area contributed by atoms with Gasteiger partial charge < -0.3 is 5.11 Å². The van der Waals surface area contributed by atoms with Crippen molar-refractivity contribution >= 4 is 0 Å². The van der Waals surface area contributed by atoms with Crippen molar-refractivity contribution in [2.75, 3.05) is 0 Å². The predicted octanol–water partition coefficient (Wildman–Crippen LogP) is 3.96. The molecule has 106 valence electrons. The lowest BCUT2D eigenvalue weighted by atomic mass is 9.81. The Morgan fingerprint density at radius 3 is 2.45 bits per heavy atom. The molecule has 1 aromatic heterocycles. The average molecular weight is 269 g/mol. The van der Waals surface area contributed by atoms with Gasteiger partial charge in [-0.15, -0.1) is 0 Å². The molecule has 0 saturated carbocycles. The van der Waals surface area contributed by atoms with E-state index in [2.05, 4.69) is 31.8 Å². The Hall–Kier alpha value is -1.67. The van der Waals surface area contributed by atoms with Crippen molar-refractivity contribution in [3.63, 3.8) is 0 Å². The zero-order chi connectivity index (χ0) is 14.8. The van der Waals surface area contributed by atoms with Gasteiger partial charge in [-0.05, 0) is 35.1 Å². The fraction of sp³-hybridized carbons (Fsp3) is 0.389. The molecule has 1 N–H and O–H groups in total. The number of aliphatic hydroxyl groups excluding tert-OH is 1. The van der Waals surface area contributed by atoms with E-state index < -0.39 is 6.10 Å². The third-order valence-electron chi connectivity index (χ3n) is 3.63. The van der Waals surface area contributed by atoms with Crippen LogP contribution in [0.1, 0.15) is 49.3 Å². The summed E-state index contributed by atoms with van der Waals surface area (Å²) in [6, 6.07) is 12.1. The number of rotatable bonds is 3. The summed E-state index contributed by atoms with van der Waals surface area (Å²) in [4.78, 5) is 4.38. The van der Waals surface area contributed by atoms with Gasteiger partial charge in [-0.25, -0.2) is 0 Å². The van der Waals surface area contributed by atoms with Crippen LogP contribution >= 0.6 is 0 Å². The Labute approximate surface area is 121 Å². The van der Waals surface area contributed by atoms with E-state index in [1.165, 1.54) is 5.56 Å². The summed E-state index contributed by atoms with van der Waals surface area (Å²) in [5.74, 6) is 0. The normalized spacial score (nSPS) is 13.2. The van der Waals surface area contributed by atoms with E-state index in [-0.39, 0.29) is 5.41 Å². The van der Waals surface area contributed by atoms with Crippen molar-refractivity contribution in [2.24, 2.45) is 0 Å². The van der Waals surface area contributed by atoms with Gasteiger partial charge in [-0.2, -0.15) is 0 Å². The molecule has 0 aliphatic carbocycles. The molecule has 2 heteroatoms. The molecule has 0 aliphatic rings. The van der Waals surface area contributed by atoms with Crippen LogP contribution < -0.4 is 0 Å². The summed E-state index contributed by atoms with van der Waals surface area (Å²) >= 11 is 0. The minimum Gasteiger partial charge on any atom is -0.388 e. The molecule has 1 atom stereocenters. The Kier molecular flexibility index (Phi) is 4.24. The van der Waals surface area contributed by atoms with Gasteiger partial charge in [0.15, 0.2) is 0 Å². The molecule has 0 radical (unpaired) electrons. The summed E-state index contributed by atoms with van der Waals surface area (Å²) in [5.41, 5.74) is 4.31. The number of nitrogens with zero attached hydrogens (tertiary/aromatic N) is 1. The minimum absolute atomic E-state index is 0.0245. The fourth-order valence-electron chi connectivity index (χ4n) is 2.50. The van der Waals surface area contributed by atoms with Crippen LogP contribution in [0, 0.1) is 6.92 Å². The predicted molar refractivity (Wildman–Crippen MR) is 82.8 cm³/mol. The zero-order valence-electron chi connectivity index (χ0n) is 12.7. The summed E-state index contributed by atoms with van der Waals surface area (Å²) in [6.45, 7) is 8.55. The van der Waals surface area contributed by atoms with Gasteiger partial charge in [-0.3, -0.25) is 4.98 Å². The molecule has 0 saturated heterocycles. The second kappa shape index (κ2) is 5.76. The van der Waals surface area contributed by atoms with Crippen LogP contribution in [0.4, 0.5) is 0 Å². The van der Waals surface area contributed by atoms with Crippen molar-refractivity contribution in [3.05, 3.63) is 65.0 Å². The number of aromatic nitrogens is 1. The largest absolute Gasteiger partial charge is 0.388 e. The number of pyridine rings is 1. The lowest BCUT2D eigenvalue weighted by Crippen LogP contribution is -2.17. The van der Waals surface area contributed by atoms with Gasteiger partial charge in [-0.1, -0.05) is 51.1 Å². The van der Waals surface area contributed by atoms with E-state index in [0.29, 0.717) is 6.42 Å². The maximum Gasteiger partial charge on any atom is 0.0848 e. The van der Waals surface area contributed by atoms with Crippen LogP contribution in [0.2, 0.25) is 0 Å². The van der Waals surface area contributed by atoms with Crippen LogP contribution in [-0.2, 0) is 11.8 Å². The van der Waals surface area contributed by atoms with Crippen LogP contribution in [-0.4, -0.2) is 10.1 Å². The monoisotopic (exact) mass is 269 g/mol. The molecule has 0 spiro atoms. The first-order chi connectivity index (χ1) is 9.39. The molecule has 1 heterocycles. The second-order valence-corrected chi connectivity index (χ2v) is 6.32. The number of aliphatic hydroxyl groups is 1. The van der Waals surface area contributed by atoms with E-state index in [1.807, 2.05) is 37.3 Å². The van der Waals surface area contributed by atoms with Crippen molar-refractivity contribution in [2.45, 2.75) is 45.6 Å². The molecule has 20 heavy (non-hydrogen) atoms. The number of aryl methyl sites for hydroxylation is 1. The second-order valence-electron chi connectivity index (χ2n) is 6.32. The highest BCUT2D eigenvalue weighted by Crippen LogP contribution is 2.31. The fourth-order valence-corrected chi connectivity index (χ4v) is 2.50. The van der Waals surface area contributed by atoms with Gasteiger partial charge in [0.25, 0.3) is 0 Å². The van der Waals surface area contributed by atoms with Crippen LogP contribution in [0.3, 0.4) is 0 Å². The molecule has 0 bridgehead atoms. The van der Waals surface area contributed by atoms with E-state index in [4.69, 9.17) is 0 Å². The topological polar surface area (TPSA) is 33.1 Å². The van der Waals surface area contributed by atoms with E-state index in [1.54, 1.807) is 6.20 Å². The Balaban J connectivity index is 2.31. The summed E-state index contributed by atoms with van der Waals surface area (Å²) in [5, 5.41) is 10.6. The van der Waals surface area contributed by atoms with Gasteiger partial charge in [0.05, 0.1) is 6.10 Å². The molecule has 2 aromatic rings. The van der Waals surface area contributed by atoms with Crippen LogP contribution in [0.25, 0.3) is 0 Å². The third kappa shape index (κ3) is 3.26. The Morgan fingerprint density at radius 1 is 1.10 bits per heavy atom. The van der Waals surface area contributed by atoms with Gasteiger partial charge in [0, 0.05) is 18.3 Å². The highest BCUT2D eigenvalue weighted by Gasteiger charge is 2.22. The molecule has 2 rings (SSSR count). The van der Waals surface area contributed by atoms with Crippen molar-refractivity contribution in [3.8, 4) is 0 Å². The van der Waals surface area contributed by atoms with Gasteiger partial charge in [0.1, 0.15) is 0 Å². The van der Waals surface area contributed by atoms with E-state index >= 15 is 0 Å². The van der Waals surface area contributed by atoms with Crippen LogP contribution in [0.5, 0.6) is 0 Å². The molecular weight excluding hydrogens is 246 g/mol. The zero-order valence-corrected chi connectivity index (χ0v) is 12.7. The third-order valence-corrected chi connectivity index (χ3v) is 3.63. The molecule has 0 amide bonds. The number of hydrogen-bond donors (Lipinski definition) is 1. The molecular formula is C18H23NO. The highest BCUT2D eigenvalue weighted by atomic mass is 16.3. The molecule has 1 unspecified atom stereocenters. The quantitative estimate of drug-likeness (QED) is 0.914. The smallest absolute Gasteiger partial charge is 0.0848 e. The van der Waals surface area contributed by atoms with E-state index in [9.17, 15) is 5.11 Å². The van der Waals surface area contributed by atoms with Crippen molar-refractivity contribution < 1.29 is 5.11 Å². The van der Waals surface area contributed by atoms with Gasteiger partial charge >= 0.3 is 0 Å². The molecule has 0 aliphatic heterocycles. The maximum absolute atomic E-state index is 10.6. The van der Waals surface area contributed by atoms with Crippen LogP contribution in [0.15, 0.2) is 42.6 Å². The lowest BCUT2D eigenvalue weighted by Gasteiger charge is -2.25. The van der Waals surface area contributed by atoms with Gasteiger partial charge in [0.2, 0.25) is 0 Å². The van der Waals surface area contributed by atoms with Crippen molar-refractivity contribution in [1.82, 2.24) is 4.98 Å². The molecule has 0 fully saturated rings. The first-order valence-electron chi connectivity index (χ1n) is 7.07. The minimum atomic E-state index is -0.515. The SMILES string of the molecule is Cc1cccnc1CC(O)c1ccccc1C(C)(C)C. The number of benzene rings is 1. The first kappa shape index (κ1) is 14.7. The molecule has 1 aromatic carbocycles. The summed E-state index contributed by atoms with van der Waals surface area (Å²) < 4.78 is 0. The Bertz CT molecular complexity index is 584. The Morgan fingerprint density at radius 2 is 1.80 bits per heavy atom. The van der Waals surface area contributed by atoms with Crippen molar-refractivity contribution in [1.29, 1.82) is 0 Å². The molecule has 2 nitrogen and oxygen atoms in total. The summed E-state index contributed by atoms with van der Waals surface area (Å²) in [6.07, 6.45) is 1.82. The average Bonchev–Trinajstić information content (AvgIpc) is 2.40. The highest BCUT2D eigenvalue weighted by molar-refractivity contribution is 5.35.